The molecule has 0 radical (unpaired) electrons. The maximum atomic E-state index is 2.59. The standard InChI is InChI=1S/C13H22/c1-9-6-7-11-10-5-4-8-12(10,2)13(9,11)3/h9-11H,4-8H2,1-3H3/t9?,10-,11?,12?,13?/m0/s1. The maximum absolute atomic E-state index is 2.59. The van der Waals surface area contributed by atoms with Crippen molar-refractivity contribution in [2.45, 2.75) is 52.9 Å². The molecule has 0 aromatic rings. The highest BCUT2D eigenvalue weighted by atomic mass is 14.7. The summed E-state index contributed by atoms with van der Waals surface area (Å²) in [7, 11) is 0. The van der Waals surface area contributed by atoms with Crippen molar-refractivity contribution < 1.29 is 0 Å². The molecule has 0 nitrogen and oxygen atoms in total. The number of rotatable bonds is 0. The third-order valence-electron chi connectivity index (χ3n) is 6.45. The molecule has 0 N–H and O–H groups in total. The lowest BCUT2D eigenvalue weighted by Crippen LogP contribution is -2.59. The Bertz CT molecular complexity index is 244. The van der Waals surface area contributed by atoms with E-state index in [0.29, 0.717) is 0 Å². The van der Waals surface area contributed by atoms with Crippen LogP contribution >= 0.6 is 0 Å². The Hall–Kier alpha value is 0. The molecule has 3 fully saturated rings. The summed E-state index contributed by atoms with van der Waals surface area (Å²) >= 11 is 0. The van der Waals surface area contributed by atoms with Gasteiger partial charge >= 0.3 is 0 Å². The summed E-state index contributed by atoms with van der Waals surface area (Å²) in [6.45, 7) is 7.68. The second-order valence-electron chi connectivity index (χ2n) is 6.28. The molecular weight excluding hydrogens is 156 g/mol. The van der Waals surface area contributed by atoms with E-state index in [0.717, 1.165) is 28.6 Å². The minimum absolute atomic E-state index is 0.730. The van der Waals surface area contributed by atoms with Crippen molar-refractivity contribution >= 4 is 0 Å². The van der Waals surface area contributed by atoms with Gasteiger partial charge in [0, 0.05) is 0 Å². The Morgan fingerprint density at radius 3 is 2.54 bits per heavy atom. The quantitative estimate of drug-likeness (QED) is 0.528. The average molecular weight is 178 g/mol. The van der Waals surface area contributed by atoms with Crippen molar-refractivity contribution in [3.63, 3.8) is 0 Å². The largest absolute Gasteiger partial charge is 0.0620 e. The Morgan fingerprint density at radius 2 is 1.77 bits per heavy atom. The lowest BCUT2D eigenvalue weighted by molar-refractivity contribution is -0.171. The van der Waals surface area contributed by atoms with Crippen molar-refractivity contribution in [3.8, 4) is 0 Å². The molecule has 0 heteroatoms. The van der Waals surface area contributed by atoms with Crippen molar-refractivity contribution in [2.24, 2.45) is 28.6 Å². The van der Waals surface area contributed by atoms with Crippen molar-refractivity contribution in [3.05, 3.63) is 0 Å². The van der Waals surface area contributed by atoms with E-state index in [1.807, 2.05) is 0 Å². The third kappa shape index (κ3) is 0.649. The highest BCUT2D eigenvalue weighted by Gasteiger charge is 2.70. The van der Waals surface area contributed by atoms with Gasteiger partial charge in [0.2, 0.25) is 0 Å². The minimum Gasteiger partial charge on any atom is -0.0620 e. The van der Waals surface area contributed by atoms with Crippen LogP contribution in [-0.2, 0) is 0 Å². The van der Waals surface area contributed by atoms with Gasteiger partial charge < -0.3 is 0 Å². The van der Waals surface area contributed by atoms with Gasteiger partial charge in [-0.25, -0.2) is 0 Å². The van der Waals surface area contributed by atoms with E-state index in [1.54, 1.807) is 6.42 Å². The van der Waals surface area contributed by atoms with Gasteiger partial charge in [-0.05, 0) is 54.3 Å². The van der Waals surface area contributed by atoms with Crippen LogP contribution in [0.4, 0.5) is 0 Å². The highest BCUT2D eigenvalue weighted by Crippen LogP contribution is 2.77. The van der Waals surface area contributed by atoms with Crippen LogP contribution in [0.2, 0.25) is 0 Å². The van der Waals surface area contributed by atoms with Gasteiger partial charge in [0.1, 0.15) is 0 Å². The monoisotopic (exact) mass is 178 g/mol. The molecule has 3 rings (SSSR count). The second kappa shape index (κ2) is 2.15. The normalized spacial score (nSPS) is 64.4. The molecule has 13 heavy (non-hydrogen) atoms. The van der Waals surface area contributed by atoms with Gasteiger partial charge in [-0.15, -0.1) is 0 Å². The summed E-state index contributed by atoms with van der Waals surface area (Å²) in [4.78, 5) is 0. The van der Waals surface area contributed by atoms with E-state index in [9.17, 15) is 0 Å². The summed E-state index contributed by atoms with van der Waals surface area (Å²) in [5.41, 5.74) is 1.47. The van der Waals surface area contributed by atoms with E-state index in [-0.39, 0.29) is 0 Å². The van der Waals surface area contributed by atoms with Crippen LogP contribution < -0.4 is 0 Å². The molecule has 0 saturated heterocycles. The molecule has 3 aliphatic rings. The smallest absolute Gasteiger partial charge is 0.0212 e. The van der Waals surface area contributed by atoms with Crippen LogP contribution in [0.25, 0.3) is 0 Å². The number of hydrogen-bond acceptors (Lipinski definition) is 0. The number of hydrogen-bond donors (Lipinski definition) is 0. The topological polar surface area (TPSA) is 0 Å². The molecule has 0 heterocycles. The van der Waals surface area contributed by atoms with E-state index < -0.39 is 0 Å². The van der Waals surface area contributed by atoms with Crippen LogP contribution in [0.5, 0.6) is 0 Å². The molecule has 3 saturated carbocycles. The molecule has 5 atom stereocenters. The van der Waals surface area contributed by atoms with Gasteiger partial charge in [-0.1, -0.05) is 27.2 Å². The van der Waals surface area contributed by atoms with Crippen molar-refractivity contribution in [2.75, 3.05) is 0 Å². The Balaban J connectivity index is 2.02. The summed E-state index contributed by atoms with van der Waals surface area (Å²) in [5, 5.41) is 0. The lowest BCUT2D eigenvalue weighted by Gasteiger charge is -2.65. The Kier molecular flexibility index (Phi) is 1.37. The highest BCUT2D eigenvalue weighted by molar-refractivity contribution is 5.19. The van der Waals surface area contributed by atoms with Crippen LogP contribution in [0.15, 0.2) is 0 Å². The molecule has 4 unspecified atom stereocenters. The Labute approximate surface area is 82.1 Å². The van der Waals surface area contributed by atoms with E-state index in [1.165, 1.54) is 25.7 Å². The molecule has 0 aromatic heterocycles. The first-order valence-corrected chi connectivity index (χ1v) is 6.11. The molecule has 0 aliphatic heterocycles. The van der Waals surface area contributed by atoms with E-state index in [2.05, 4.69) is 20.8 Å². The zero-order valence-electron chi connectivity index (χ0n) is 9.27. The van der Waals surface area contributed by atoms with Crippen LogP contribution in [0.3, 0.4) is 0 Å². The van der Waals surface area contributed by atoms with Crippen LogP contribution in [-0.4, -0.2) is 0 Å². The Morgan fingerprint density at radius 1 is 1.00 bits per heavy atom. The first kappa shape index (κ1) is 8.32. The first-order chi connectivity index (χ1) is 6.11. The number of fused-ring (bicyclic) bond motifs is 4. The summed E-state index contributed by atoms with van der Waals surface area (Å²) in [6.07, 6.45) is 7.63. The zero-order chi connectivity index (χ0) is 9.27. The van der Waals surface area contributed by atoms with Crippen LogP contribution in [0.1, 0.15) is 52.9 Å². The predicted octanol–water partition coefficient (Wildman–Crippen LogP) is 3.86. The third-order valence-corrected chi connectivity index (χ3v) is 6.45. The fourth-order valence-electron chi connectivity index (χ4n) is 5.41. The predicted molar refractivity (Wildman–Crippen MR) is 55.4 cm³/mol. The van der Waals surface area contributed by atoms with Crippen molar-refractivity contribution in [1.82, 2.24) is 0 Å². The lowest BCUT2D eigenvalue weighted by atomic mass is 9.40. The van der Waals surface area contributed by atoms with Gasteiger partial charge in [-0.2, -0.15) is 0 Å². The molecule has 3 aliphatic carbocycles. The fourth-order valence-corrected chi connectivity index (χ4v) is 5.41. The maximum Gasteiger partial charge on any atom is -0.0212 e. The van der Waals surface area contributed by atoms with E-state index in [4.69, 9.17) is 0 Å². The van der Waals surface area contributed by atoms with Gasteiger partial charge in [0.25, 0.3) is 0 Å². The molecule has 0 spiro atoms. The summed E-state index contributed by atoms with van der Waals surface area (Å²) in [5.74, 6) is 3.22. The average Bonchev–Trinajstić information content (AvgIpc) is 2.56. The first-order valence-electron chi connectivity index (χ1n) is 6.11. The minimum atomic E-state index is 0.730. The molecule has 74 valence electrons. The zero-order valence-corrected chi connectivity index (χ0v) is 9.27. The molecule has 0 bridgehead atoms. The summed E-state index contributed by atoms with van der Waals surface area (Å²) < 4.78 is 0. The molecule has 0 amide bonds. The van der Waals surface area contributed by atoms with Crippen molar-refractivity contribution in [1.29, 1.82) is 0 Å². The fraction of sp³-hybridized carbons (Fsp3) is 1.00. The van der Waals surface area contributed by atoms with Gasteiger partial charge in [-0.3, -0.25) is 0 Å². The summed E-state index contributed by atoms with van der Waals surface area (Å²) in [6, 6.07) is 0. The second-order valence-corrected chi connectivity index (χ2v) is 6.28. The van der Waals surface area contributed by atoms with Crippen LogP contribution in [0, 0.1) is 28.6 Å². The SMILES string of the molecule is CC1CCC2[C@@H]3CCCC3(C)C12C. The van der Waals surface area contributed by atoms with E-state index >= 15 is 0 Å². The van der Waals surface area contributed by atoms with Gasteiger partial charge in [0.15, 0.2) is 0 Å². The van der Waals surface area contributed by atoms with Gasteiger partial charge in [0.05, 0.1) is 0 Å². The molecular formula is C13H22. The molecule has 0 aromatic carbocycles.